The van der Waals surface area contributed by atoms with Crippen LogP contribution in [0.3, 0.4) is 0 Å². The van der Waals surface area contributed by atoms with Crippen LogP contribution in [0.2, 0.25) is 5.02 Å². The van der Waals surface area contributed by atoms with Crippen molar-refractivity contribution in [2.24, 2.45) is 5.92 Å². The van der Waals surface area contributed by atoms with Crippen LogP contribution in [-0.2, 0) is 14.9 Å². The smallest absolute Gasteiger partial charge is 0.230 e. The predicted octanol–water partition coefficient (Wildman–Crippen LogP) is 2.91. The standard InChI is InChI=1S/C18H26ClNO3/c1-13(11-14(2)21)12-20-17(22)18(7-9-23-10-8-18)15-3-5-16(19)6-4-15/h3-6,13-14,21H,7-12H2,1-2H3,(H,20,22). The first-order chi connectivity index (χ1) is 10.9. The summed E-state index contributed by atoms with van der Waals surface area (Å²) in [5, 5.41) is 13.2. The van der Waals surface area contributed by atoms with E-state index in [4.69, 9.17) is 16.3 Å². The zero-order chi connectivity index (χ0) is 16.9. The fourth-order valence-corrected chi connectivity index (χ4v) is 3.36. The lowest BCUT2D eigenvalue weighted by Crippen LogP contribution is -2.49. The van der Waals surface area contributed by atoms with Crippen molar-refractivity contribution < 1.29 is 14.6 Å². The summed E-state index contributed by atoms with van der Waals surface area (Å²) in [6.45, 7) is 5.54. The van der Waals surface area contributed by atoms with E-state index < -0.39 is 5.41 Å². The Bertz CT molecular complexity index is 510. The van der Waals surface area contributed by atoms with Gasteiger partial charge in [-0.15, -0.1) is 0 Å². The van der Waals surface area contributed by atoms with Crippen LogP contribution >= 0.6 is 11.6 Å². The van der Waals surface area contributed by atoms with E-state index in [1.165, 1.54) is 0 Å². The molecule has 2 rings (SSSR count). The van der Waals surface area contributed by atoms with Gasteiger partial charge in [-0.05, 0) is 49.8 Å². The Morgan fingerprint density at radius 1 is 1.30 bits per heavy atom. The van der Waals surface area contributed by atoms with Crippen LogP contribution in [0.25, 0.3) is 0 Å². The van der Waals surface area contributed by atoms with Gasteiger partial charge in [0.2, 0.25) is 5.91 Å². The number of aliphatic hydroxyl groups excluding tert-OH is 1. The molecular weight excluding hydrogens is 314 g/mol. The van der Waals surface area contributed by atoms with Crippen molar-refractivity contribution >= 4 is 17.5 Å². The molecule has 1 aliphatic rings. The Kier molecular flexibility index (Phi) is 6.45. The summed E-state index contributed by atoms with van der Waals surface area (Å²) in [5.41, 5.74) is 0.443. The monoisotopic (exact) mass is 339 g/mol. The van der Waals surface area contributed by atoms with Crippen LogP contribution in [-0.4, -0.2) is 36.9 Å². The van der Waals surface area contributed by atoms with Gasteiger partial charge in [-0.25, -0.2) is 0 Å². The average molecular weight is 340 g/mol. The molecule has 1 aromatic carbocycles. The van der Waals surface area contributed by atoms with Crippen LogP contribution in [0.1, 0.15) is 38.7 Å². The second kappa shape index (κ2) is 8.13. The highest BCUT2D eigenvalue weighted by Crippen LogP contribution is 2.35. The van der Waals surface area contributed by atoms with Gasteiger partial charge in [-0.2, -0.15) is 0 Å². The van der Waals surface area contributed by atoms with Crippen LogP contribution in [0.5, 0.6) is 0 Å². The molecule has 0 radical (unpaired) electrons. The van der Waals surface area contributed by atoms with Gasteiger partial charge in [0, 0.05) is 24.8 Å². The number of carbonyl (C=O) groups excluding carboxylic acids is 1. The van der Waals surface area contributed by atoms with Crippen molar-refractivity contribution in [3.8, 4) is 0 Å². The number of hydrogen-bond acceptors (Lipinski definition) is 3. The first-order valence-corrected chi connectivity index (χ1v) is 8.62. The summed E-state index contributed by atoms with van der Waals surface area (Å²) in [4.78, 5) is 12.9. The second-order valence-corrected chi connectivity index (χ2v) is 7.04. The molecule has 23 heavy (non-hydrogen) atoms. The number of hydrogen-bond donors (Lipinski definition) is 2. The Hall–Kier alpha value is -1.10. The summed E-state index contributed by atoms with van der Waals surface area (Å²) < 4.78 is 5.46. The van der Waals surface area contributed by atoms with E-state index in [2.05, 4.69) is 5.32 Å². The predicted molar refractivity (Wildman–Crippen MR) is 91.7 cm³/mol. The highest BCUT2D eigenvalue weighted by Gasteiger charge is 2.41. The van der Waals surface area contributed by atoms with Crippen LogP contribution in [0.15, 0.2) is 24.3 Å². The highest BCUT2D eigenvalue weighted by atomic mass is 35.5. The van der Waals surface area contributed by atoms with E-state index in [1.807, 2.05) is 31.2 Å². The van der Waals surface area contributed by atoms with Gasteiger partial charge in [0.25, 0.3) is 0 Å². The van der Waals surface area contributed by atoms with E-state index >= 15 is 0 Å². The Morgan fingerprint density at radius 2 is 1.91 bits per heavy atom. The largest absolute Gasteiger partial charge is 0.393 e. The van der Waals surface area contributed by atoms with E-state index in [1.54, 1.807) is 6.92 Å². The molecule has 4 nitrogen and oxygen atoms in total. The molecule has 5 heteroatoms. The third kappa shape index (κ3) is 4.69. The van der Waals surface area contributed by atoms with E-state index in [9.17, 15) is 9.90 Å². The maximum atomic E-state index is 12.9. The van der Waals surface area contributed by atoms with Gasteiger partial charge in [-0.1, -0.05) is 30.7 Å². The molecule has 0 saturated carbocycles. The molecule has 0 aliphatic carbocycles. The summed E-state index contributed by atoms with van der Waals surface area (Å²) in [7, 11) is 0. The molecule has 0 bridgehead atoms. The van der Waals surface area contributed by atoms with Crippen LogP contribution in [0.4, 0.5) is 0 Å². The zero-order valence-electron chi connectivity index (χ0n) is 13.8. The lowest BCUT2D eigenvalue weighted by atomic mass is 9.73. The maximum Gasteiger partial charge on any atom is 0.230 e. The molecule has 0 aromatic heterocycles. The number of rotatable bonds is 6. The molecule has 2 N–H and O–H groups in total. The van der Waals surface area contributed by atoms with Crippen molar-refractivity contribution in [2.45, 2.75) is 44.6 Å². The average Bonchev–Trinajstić information content (AvgIpc) is 2.53. The number of amides is 1. The normalized spacial score (nSPS) is 19.8. The van der Waals surface area contributed by atoms with Gasteiger partial charge in [0.15, 0.2) is 0 Å². The van der Waals surface area contributed by atoms with Crippen molar-refractivity contribution in [1.82, 2.24) is 5.32 Å². The fraction of sp³-hybridized carbons (Fsp3) is 0.611. The summed E-state index contributed by atoms with van der Waals surface area (Å²) in [6.07, 6.45) is 1.67. The van der Waals surface area contributed by atoms with Gasteiger partial charge in [0.1, 0.15) is 0 Å². The Balaban J connectivity index is 2.11. The molecule has 2 unspecified atom stereocenters. The third-order valence-corrected chi connectivity index (χ3v) is 4.78. The number of aliphatic hydroxyl groups is 1. The minimum atomic E-state index is -0.548. The molecule has 1 aromatic rings. The lowest BCUT2D eigenvalue weighted by Gasteiger charge is -2.36. The maximum absolute atomic E-state index is 12.9. The number of benzene rings is 1. The van der Waals surface area contributed by atoms with E-state index in [0.29, 0.717) is 44.0 Å². The van der Waals surface area contributed by atoms with Gasteiger partial charge < -0.3 is 15.2 Å². The Morgan fingerprint density at radius 3 is 2.48 bits per heavy atom. The third-order valence-electron chi connectivity index (χ3n) is 4.53. The van der Waals surface area contributed by atoms with E-state index in [0.717, 1.165) is 5.56 Å². The topological polar surface area (TPSA) is 58.6 Å². The molecule has 1 saturated heterocycles. The molecular formula is C18H26ClNO3. The zero-order valence-corrected chi connectivity index (χ0v) is 14.6. The van der Waals surface area contributed by atoms with Crippen molar-refractivity contribution in [2.75, 3.05) is 19.8 Å². The van der Waals surface area contributed by atoms with Gasteiger partial charge in [-0.3, -0.25) is 4.79 Å². The molecule has 1 heterocycles. The first-order valence-electron chi connectivity index (χ1n) is 8.24. The van der Waals surface area contributed by atoms with Crippen LogP contribution in [0, 0.1) is 5.92 Å². The minimum absolute atomic E-state index is 0.0422. The molecule has 128 valence electrons. The number of nitrogens with one attached hydrogen (secondary N) is 1. The second-order valence-electron chi connectivity index (χ2n) is 6.60. The van der Waals surface area contributed by atoms with Crippen molar-refractivity contribution in [3.63, 3.8) is 0 Å². The SMILES string of the molecule is CC(O)CC(C)CNC(=O)C1(c2ccc(Cl)cc2)CCOCC1. The number of carbonyl (C=O) groups is 1. The molecule has 2 atom stereocenters. The Labute approximate surface area is 143 Å². The van der Waals surface area contributed by atoms with Crippen molar-refractivity contribution in [1.29, 1.82) is 0 Å². The van der Waals surface area contributed by atoms with Crippen LogP contribution < -0.4 is 5.32 Å². The van der Waals surface area contributed by atoms with E-state index in [-0.39, 0.29) is 17.9 Å². The van der Waals surface area contributed by atoms with Gasteiger partial charge in [0.05, 0.1) is 11.5 Å². The molecule has 1 fully saturated rings. The first kappa shape index (κ1) is 18.2. The quantitative estimate of drug-likeness (QED) is 0.837. The fourth-order valence-electron chi connectivity index (χ4n) is 3.24. The summed E-state index contributed by atoms with van der Waals surface area (Å²) in [5.74, 6) is 0.279. The van der Waals surface area contributed by atoms with Crippen molar-refractivity contribution in [3.05, 3.63) is 34.9 Å². The highest BCUT2D eigenvalue weighted by molar-refractivity contribution is 6.30. The molecule has 1 aliphatic heterocycles. The van der Waals surface area contributed by atoms with Gasteiger partial charge >= 0.3 is 0 Å². The molecule has 1 amide bonds. The summed E-state index contributed by atoms with van der Waals surface area (Å²) in [6, 6.07) is 7.54. The minimum Gasteiger partial charge on any atom is -0.393 e. The summed E-state index contributed by atoms with van der Waals surface area (Å²) >= 11 is 5.98. The number of halogens is 1. The lowest BCUT2D eigenvalue weighted by molar-refractivity contribution is -0.130. The number of ether oxygens (including phenoxy) is 1. The molecule has 0 spiro atoms.